The van der Waals surface area contributed by atoms with Crippen LogP contribution in [0.2, 0.25) is 0 Å². The van der Waals surface area contributed by atoms with E-state index < -0.39 is 0 Å². The van der Waals surface area contributed by atoms with Gasteiger partial charge < -0.3 is 16.4 Å². The van der Waals surface area contributed by atoms with Crippen LogP contribution in [0.25, 0.3) is 10.2 Å². The molecule has 0 fully saturated rings. The maximum absolute atomic E-state index is 10.8. The number of hydrogen-bond acceptors (Lipinski definition) is 6. The molecular weight excluding hydrogens is 286 g/mol. The first-order chi connectivity index (χ1) is 10.1. The molecule has 0 unspecified atom stereocenters. The summed E-state index contributed by atoms with van der Waals surface area (Å²) in [6, 6.07) is 2.13. The zero-order valence-corrected chi connectivity index (χ0v) is 13.2. The van der Waals surface area contributed by atoms with Crippen LogP contribution in [-0.4, -0.2) is 29.0 Å². The molecule has 0 aromatic carbocycles. The predicted molar refractivity (Wildman–Crippen MR) is 87.9 cm³/mol. The third kappa shape index (κ3) is 4.04. The highest BCUT2D eigenvalue weighted by Crippen LogP contribution is 2.30. The van der Waals surface area contributed by atoms with Crippen LogP contribution in [0.15, 0.2) is 6.07 Å². The van der Waals surface area contributed by atoms with Gasteiger partial charge in [0, 0.05) is 24.4 Å². The first kappa shape index (κ1) is 15.5. The van der Waals surface area contributed by atoms with Gasteiger partial charge in [-0.15, -0.1) is 11.3 Å². The average molecular weight is 307 g/mol. The summed E-state index contributed by atoms with van der Waals surface area (Å²) in [5, 5.41) is 7.47. The lowest BCUT2D eigenvalue weighted by Gasteiger charge is -2.08. The van der Waals surface area contributed by atoms with Crippen molar-refractivity contribution in [3.05, 3.63) is 10.9 Å². The Morgan fingerprint density at radius 2 is 2.14 bits per heavy atom. The van der Waals surface area contributed by atoms with Crippen molar-refractivity contribution in [2.45, 2.75) is 33.1 Å². The largest absolute Gasteiger partial charge is 0.370 e. The molecule has 2 rings (SSSR count). The summed E-state index contributed by atoms with van der Waals surface area (Å²) < 4.78 is 0. The zero-order chi connectivity index (χ0) is 15.2. The fourth-order valence-corrected chi connectivity index (χ4v) is 2.95. The second-order valence-electron chi connectivity index (χ2n) is 4.71. The molecule has 0 saturated carbocycles. The highest BCUT2D eigenvalue weighted by atomic mass is 32.1. The molecule has 0 aliphatic carbocycles. The van der Waals surface area contributed by atoms with E-state index in [1.165, 1.54) is 4.88 Å². The van der Waals surface area contributed by atoms with Gasteiger partial charge in [-0.2, -0.15) is 4.98 Å². The zero-order valence-electron chi connectivity index (χ0n) is 12.4. The number of primary amides is 1. The first-order valence-corrected chi connectivity index (χ1v) is 8.02. The fraction of sp³-hybridized carbons (Fsp3) is 0.500. The Bertz CT molecular complexity index is 625. The Hall–Kier alpha value is -1.89. The Balaban J connectivity index is 2.21. The van der Waals surface area contributed by atoms with E-state index in [1.807, 2.05) is 6.92 Å². The number of rotatable bonds is 8. The Labute approximate surface area is 128 Å². The molecule has 0 bridgehead atoms. The summed E-state index contributed by atoms with van der Waals surface area (Å²) in [4.78, 5) is 22.1. The molecule has 6 nitrogen and oxygen atoms in total. The molecule has 114 valence electrons. The lowest BCUT2D eigenvalue weighted by atomic mass is 10.3. The van der Waals surface area contributed by atoms with Crippen molar-refractivity contribution < 1.29 is 4.79 Å². The molecule has 0 aliphatic heterocycles. The second-order valence-corrected chi connectivity index (χ2v) is 5.82. The number of aromatic nitrogens is 2. The van der Waals surface area contributed by atoms with Gasteiger partial charge >= 0.3 is 0 Å². The summed E-state index contributed by atoms with van der Waals surface area (Å²) in [7, 11) is 0. The van der Waals surface area contributed by atoms with E-state index in [4.69, 9.17) is 5.73 Å². The number of carbonyl (C=O) groups excluding carboxylic acids is 1. The highest BCUT2D eigenvalue weighted by Gasteiger charge is 2.11. The average Bonchev–Trinajstić information content (AvgIpc) is 2.86. The summed E-state index contributed by atoms with van der Waals surface area (Å²) in [5.41, 5.74) is 5.15. The number of thiophene rings is 1. The number of anilines is 2. The van der Waals surface area contributed by atoms with Crippen molar-refractivity contribution in [3.63, 3.8) is 0 Å². The third-order valence-corrected chi connectivity index (χ3v) is 4.19. The van der Waals surface area contributed by atoms with E-state index in [0.717, 1.165) is 29.0 Å². The van der Waals surface area contributed by atoms with Gasteiger partial charge in [0.05, 0.1) is 5.39 Å². The molecule has 2 aromatic rings. The van der Waals surface area contributed by atoms with Crippen molar-refractivity contribution in [1.82, 2.24) is 9.97 Å². The molecule has 0 radical (unpaired) electrons. The maximum atomic E-state index is 10.8. The number of nitrogens with two attached hydrogens (primary N) is 1. The first-order valence-electron chi connectivity index (χ1n) is 7.20. The smallest absolute Gasteiger partial charge is 0.226 e. The van der Waals surface area contributed by atoms with Crippen molar-refractivity contribution in [1.29, 1.82) is 0 Å². The van der Waals surface area contributed by atoms with Crippen molar-refractivity contribution in [2.24, 2.45) is 5.73 Å². The second kappa shape index (κ2) is 7.21. The van der Waals surface area contributed by atoms with Gasteiger partial charge in [-0.25, -0.2) is 4.98 Å². The van der Waals surface area contributed by atoms with E-state index in [2.05, 4.69) is 33.6 Å². The predicted octanol–water partition coefficient (Wildman–Crippen LogP) is 2.36. The Morgan fingerprint density at radius 3 is 2.81 bits per heavy atom. The normalized spacial score (nSPS) is 10.8. The van der Waals surface area contributed by atoms with Crippen LogP contribution in [0.4, 0.5) is 11.8 Å². The number of nitrogens with one attached hydrogen (secondary N) is 2. The molecule has 2 aromatic heterocycles. The van der Waals surface area contributed by atoms with Gasteiger partial charge in [0.15, 0.2) is 0 Å². The van der Waals surface area contributed by atoms with Crippen molar-refractivity contribution in [2.75, 3.05) is 23.7 Å². The quantitative estimate of drug-likeness (QED) is 0.651. The van der Waals surface area contributed by atoms with E-state index >= 15 is 0 Å². The molecule has 21 heavy (non-hydrogen) atoms. The molecule has 0 saturated heterocycles. The van der Waals surface area contributed by atoms with Crippen LogP contribution >= 0.6 is 11.3 Å². The van der Waals surface area contributed by atoms with Crippen LogP contribution in [0.3, 0.4) is 0 Å². The molecule has 7 heteroatoms. The van der Waals surface area contributed by atoms with E-state index in [1.54, 1.807) is 11.3 Å². The molecule has 0 atom stereocenters. The minimum Gasteiger partial charge on any atom is -0.370 e. The van der Waals surface area contributed by atoms with E-state index in [0.29, 0.717) is 25.3 Å². The minimum atomic E-state index is -0.276. The van der Waals surface area contributed by atoms with Gasteiger partial charge in [-0.1, -0.05) is 6.92 Å². The molecule has 2 heterocycles. The topological polar surface area (TPSA) is 92.9 Å². The summed E-state index contributed by atoms with van der Waals surface area (Å²) >= 11 is 1.69. The lowest BCUT2D eigenvalue weighted by molar-refractivity contribution is -0.118. The number of hydrogen-bond donors (Lipinski definition) is 3. The highest BCUT2D eigenvalue weighted by molar-refractivity contribution is 7.18. The van der Waals surface area contributed by atoms with Gasteiger partial charge in [0.1, 0.15) is 10.6 Å². The number of fused-ring (bicyclic) bond motifs is 1. The van der Waals surface area contributed by atoms with Gasteiger partial charge in [0.2, 0.25) is 11.9 Å². The van der Waals surface area contributed by atoms with Crippen LogP contribution in [0.1, 0.15) is 31.6 Å². The summed E-state index contributed by atoms with van der Waals surface area (Å²) in [6.45, 7) is 5.58. The van der Waals surface area contributed by atoms with Gasteiger partial charge in [-0.05, 0) is 25.8 Å². The van der Waals surface area contributed by atoms with Crippen molar-refractivity contribution in [3.8, 4) is 0 Å². The molecule has 4 N–H and O–H groups in total. The standard InChI is InChI=1S/C14H21N5OS/c1-3-9-8-10-12(17-7-5-6-11(15)20)18-14(16-4-2)19-13(10)21-9/h8H,3-7H2,1-2H3,(H2,15,20)(H2,16,17,18,19). The molecule has 0 aliphatic rings. The molecule has 0 spiro atoms. The number of aryl methyl sites for hydroxylation is 1. The van der Waals surface area contributed by atoms with E-state index in [-0.39, 0.29) is 5.91 Å². The third-order valence-electron chi connectivity index (χ3n) is 3.02. The molecular formula is C14H21N5OS. The number of amides is 1. The van der Waals surface area contributed by atoms with Crippen LogP contribution < -0.4 is 16.4 Å². The lowest BCUT2D eigenvalue weighted by Crippen LogP contribution is -2.13. The summed E-state index contributed by atoms with van der Waals surface area (Å²) in [6.07, 6.45) is 2.06. The minimum absolute atomic E-state index is 0.276. The Kier molecular flexibility index (Phi) is 5.32. The number of carbonyl (C=O) groups is 1. The van der Waals surface area contributed by atoms with Gasteiger partial charge in [0.25, 0.3) is 0 Å². The maximum Gasteiger partial charge on any atom is 0.226 e. The monoisotopic (exact) mass is 307 g/mol. The Morgan fingerprint density at radius 1 is 1.33 bits per heavy atom. The van der Waals surface area contributed by atoms with Gasteiger partial charge in [-0.3, -0.25) is 4.79 Å². The van der Waals surface area contributed by atoms with Crippen LogP contribution in [-0.2, 0) is 11.2 Å². The SMILES string of the molecule is CCNc1nc(NCCCC(N)=O)c2cc(CC)sc2n1. The van der Waals surface area contributed by atoms with Crippen LogP contribution in [0, 0.1) is 0 Å². The van der Waals surface area contributed by atoms with E-state index in [9.17, 15) is 4.79 Å². The molecule has 1 amide bonds. The van der Waals surface area contributed by atoms with Crippen molar-refractivity contribution >= 4 is 39.2 Å². The van der Waals surface area contributed by atoms with Crippen LogP contribution in [0.5, 0.6) is 0 Å². The fourth-order valence-electron chi connectivity index (χ4n) is 1.99. The number of nitrogens with zero attached hydrogens (tertiary/aromatic N) is 2. The summed E-state index contributed by atoms with van der Waals surface area (Å²) in [5.74, 6) is 1.17.